The Bertz CT molecular complexity index is 706. The zero-order chi connectivity index (χ0) is 18.2. The molecule has 1 heterocycles. The summed E-state index contributed by atoms with van der Waals surface area (Å²) in [4.78, 5) is 27.3. The van der Waals surface area contributed by atoms with E-state index in [2.05, 4.69) is 17.0 Å². The first-order chi connectivity index (χ1) is 12.8. The number of rotatable bonds is 6. The van der Waals surface area contributed by atoms with Gasteiger partial charge < -0.3 is 14.4 Å². The lowest BCUT2D eigenvalue weighted by molar-refractivity contribution is -0.109. The molecule has 1 fully saturated rings. The highest BCUT2D eigenvalue weighted by molar-refractivity contribution is 5.68. The Hall–Kier alpha value is -2.66. The average Bonchev–Trinajstić information content (AvgIpc) is 2.69. The molecule has 1 aliphatic rings. The summed E-state index contributed by atoms with van der Waals surface area (Å²) < 4.78 is 5.46. The van der Waals surface area contributed by atoms with Gasteiger partial charge in [-0.2, -0.15) is 0 Å². The van der Waals surface area contributed by atoms with Crippen molar-refractivity contribution in [2.75, 3.05) is 26.2 Å². The quantitative estimate of drug-likeness (QED) is 0.750. The van der Waals surface area contributed by atoms with Crippen molar-refractivity contribution in [3.05, 3.63) is 71.8 Å². The summed E-state index contributed by atoms with van der Waals surface area (Å²) in [5, 5.41) is 0. The van der Waals surface area contributed by atoms with Crippen LogP contribution in [0.2, 0.25) is 0 Å². The molecule has 0 aliphatic carbocycles. The molecule has 0 radical (unpaired) electrons. The van der Waals surface area contributed by atoms with E-state index in [4.69, 9.17) is 4.74 Å². The number of hydrogen-bond donors (Lipinski definition) is 0. The van der Waals surface area contributed by atoms with Gasteiger partial charge in [0.15, 0.2) is 0 Å². The average molecular weight is 352 g/mol. The lowest BCUT2D eigenvalue weighted by Gasteiger charge is -2.40. The van der Waals surface area contributed by atoms with Crippen LogP contribution in [0.25, 0.3) is 0 Å². The van der Waals surface area contributed by atoms with Crippen molar-refractivity contribution in [1.82, 2.24) is 9.80 Å². The van der Waals surface area contributed by atoms with E-state index in [1.54, 1.807) is 4.90 Å². The van der Waals surface area contributed by atoms with Gasteiger partial charge in [-0.3, -0.25) is 4.90 Å². The van der Waals surface area contributed by atoms with Crippen LogP contribution in [0, 0.1) is 0 Å². The molecule has 1 atom stereocenters. The fraction of sp³-hybridized carbons (Fsp3) is 0.333. The first-order valence-corrected chi connectivity index (χ1v) is 8.93. The van der Waals surface area contributed by atoms with Crippen LogP contribution in [0.3, 0.4) is 0 Å². The van der Waals surface area contributed by atoms with Crippen LogP contribution in [-0.2, 0) is 22.6 Å². The first-order valence-electron chi connectivity index (χ1n) is 8.93. The predicted molar refractivity (Wildman–Crippen MR) is 99.8 cm³/mol. The van der Waals surface area contributed by atoms with E-state index in [1.165, 1.54) is 5.56 Å². The van der Waals surface area contributed by atoms with Gasteiger partial charge in [0.25, 0.3) is 0 Å². The van der Waals surface area contributed by atoms with Crippen molar-refractivity contribution in [3.8, 4) is 0 Å². The number of amides is 1. The Morgan fingerprint density at radius 1 is 1.00 bits per heavy atom. The maximum absolute atomic E-state index is 12.4. The summed E-state index contributed by atoms with van der Waals surface area (Å²) in [7, 11) is 0. The second kappa shape index (κ2) is 9.15. The Labute approximate surface area is 154 Å². The minimum Gasteiger partial charge on any atom is -0.445 e. The van der Waals surface area contributed by atoms with E-state index in [1.807, 2.05) is 48.5 Å². The van der Waals surface area contributed by atoms with Gasteiger partial charge >= 0.3 is 6.09 Å². The molecule has 0 N–H and O–H groups in total. The van der Waals surface area contributed by atoms with E-state index in [0.717, 1.165) is 18.3 Å². The lowest BCUT2D eigenvalue weighted by Crippen LogP contribution is -2.55. The van der Waals surface area contributed by atoms with Crippen molar-refractivity contribution in [2.24, 2.45) is 0 Å². The highest BCUT2D eigenvalue weighted by Gasteiger charge is 2.30. The molecular formula is C21H24N2O3. The number of nitrogens with zero attached hydrogens (tertiary/aromatic N) is 2. The molecule has 136 valence electrons. The van der Waals surface area contributed by atoms with Gasteiger partial charge in [0.2, 0.25) is 0 Å². The smallest absolute Gasteiger partial charge is 0.410 e. The van der Waals surface area contributed by atoms with Crippen molar-refractivity contribution in [1.29, 1.82) is 0 Å². The minimum absolute atomic E-state index is 0.112. The second-order valence-corrected chi connectivity index (χ2v) is 6.49. The SMILES string of the molecule is O=CCN1CCN(C(=O)OCc2ccccc2)CC1Cc1ccccc1. The number of piperazine rings is 1. The summed E-state index contributed by atoms with van der Waals surface area (Å²) in [6, 6.07) is 19.9. The van der Waals surface area contributed by atoms with Crippen molar-refractivity contribution in [2.45, 2.75) is 19.1 Å². The van der Waals surface area contributed by atoms with Crippen molar-refractivity contribution < 1.29 is 14.3 Å². The fourth-order valence-corrected chi connectivity index (χ4v) is 3.29. The van der Waals surface area contributed by atoms with Crippen LogP contribution in [0.5, 0.6) is 0 Å². The van der Waals surface area contributed by atoms with Gasteiger partial charge in [-0.25, -0.2) is 4.79 Å². The minimum atomic E-state index is -0.294. The van der Waals surface area contributed by atoms with Crippen LogP contribution in [0.4, 0.5) is 4.79 Å². The van der Waals surface area contributed by atoms with Crippen LogP contribution >= 0.6 is 0 Å². The van der Waals surface area contributed by atoms with E-state index in [0.29, 0.717) is 26.2 Å². The van der Waals surface area contributed by atoms with E-state index >= 15 is 0 Å². The maximum atomic E-state index is 12.4. The molecule has 2 aromatic rings. The number of benzene rings is 2. The summed E-state index contributed by atoms with van der Waals surface area (Å²) in [6.45, 7) is 2.49. The van der Waals surface area contributed by atoms with Crippen LogP contribution in [0.1, 0.15) is 11.1 Å². The van der Waals surface area contributed by atoms with Gasteiger partial charge in [-0.15, -0.1) is 0 Å². The van der Waals surface area contributed by atoms with Crippen molar-refractivity contribution in [3.63, 3.8) is 0 Å². The number of carbonyl (C=O) groups excluding carboxylic acids is 2. The number of carbonyl (C=O) groups is 2. The maximum Gasteiger partial charge on any atom is 0.410 e. The van der Waals surface area contributed by atoms with Crippen LogP contribution in [-0.4, -0.2) is 54.4 Å². The zero-order valence-corrected chi connectivity index (χ0v) is 14.8. The molecule has 2 aromatic carbocycles. The van der Waals surface area contributed by atoms with Crippen LogP contribution < -0.4 is 0 Å². The van der Waals surface area contributed by atoms with Gasteiger partial charge in [0, 0.05) is 25.7 Å². The molecule has 0 bridgehead atoms. The van der Waals surface area contributed by atoms with E-state index < -0.39 is 0 Å². The molecule has 5 nitrogen and oxygen atoms in total. The summed E-state index contributed by atoms with van der Waals surface area (Å²) in [6.07, 6.45) is 1.44. The van der Waals surface area contributed by atoms with E-state index in [-0.39, 0.29) is 18.7 Å². The Balaban J connectivity index is 1.60. The number of ether oxygens (including phenoxy) is 1. The molecule has 1 saturated heterocycles. The Morgan fingerprint density at radius 3 is 2.31 bits per heavy atom. The third-order valence-corrected chi connectivity index (χ3v) is 4.69. The highest BCUT2D eigenvalue weighted by Crippen LogP contribution is 2.16. The zero-order valence-electron chi connectivity index (χ0n) is 14.8. The molecular weight excluding hydrogens is 328 g/mol. The molecule has 26 heavy (non-hydrogen) atoms. The third kappa shape index (κ3) is 4.92. The summed E-state index contributed by atoms with van der Waals surface area (Å²) >= 11 is 0. The van der Waals surface area contributed by atoms with Crippen molar-refractivity contribution >= 4 is 12.4 Å². The normalized spacial score (nSPS) is 17.7. The molecule has 1 amide bonds. The van der Waals surface area contributed by atoms with Gasteiger partial charge in [0.05, 0.1) is 6.54 Å². The second-order valence-electron chi connectivity index (χ2n) is 6.49. The summed E-state index contributed by atoms with van der Waals surface area (Å²) in [5.41, 5.74) is 2.18. The molecule has 0 saturated carbocycles. The summed E-state index contributed by atoms with van der Waals surface area (Å²) in [5.74, 6) is 0. The standard InChI is InChI=1S/C21H24N2O3/c24-14-13-22-11-12-23(16-20(22)15-18-7-3-1-4-8-18)21(25)26-17-19-9-5-2-6-10-19/h1-10,14,20H,11-13,15-17H2. The molecule has 3 rings (SSSR count). The fourth-order valence-electron chi connectivity index (χ4n) is 3.29. The van der Waals surface area contributed by atoms with Gasteiger partial charge in [0.1, 0.15) is 12.9 Å². The molecule has 1 aliphatic heterocycles. The molecule has 1 unspecified atom stereocenters. The molecule has 5 heteroatoms. The monoisotopic (exact) mass is 352 g/mol. The molecule has 0 aromatic heterocycles. The third-order valence-electron chi connectivity index (χ3n) is 4.69. The Morgan fingerprint density at radius 2 is 1.65 bits per heavy atom. The van der Waals surface area contributed by atoms with E-state index in [9.17, 15) is 9.59 Å². The van der Waals surface area contributed by atoms with Gasteiger partial charge in [-0.1, -0.05) is 60.7 Å². The van der Waals surface area contributed by atoms with Gasteiger partial charge in [-0.05, 0) is 17.5 Å². The first kappa shape index (κ1) is 18.1. The topological polar surface area (TPSA) is 49.9 Å². The highest BCUT2D eigenvalue weighted by atomic mass is 16.6. The van der Waals surface area contributed by atoms with Crippen LogP contribution in [0.15, 0.2) is 60.7 Å². The number of hydrogen-bond acceptors (Lipinski definition) is 4. The predicted octanol–water partition coefficient (Wildman–Crippen LogP) is 2.75. The molecule has 0 spiro atoms. The lowest BCUT2D eigenvalue weighted by atomic mass is 10.0. The number of aldehydes is 1. The largest absolute Gasteiger partial charge is 0.445 e. The Kier molecular flexibility index (Phi) is 6.39.